The molecule has 2 aromatic heterocycles. The third-order valence-electron chi connectivity index (χ3n) is 3.95. The standard InChI is InChI=1S/C20H17Cl2N3O/c1-13-19(3-2-6-23-13)15-7-14(10-21)8-16(9-15)20(26)25-12-18-5-4-17(22)11-24-18/h2-9,11H,10,12H2,1H3,(H,25,26). The molecule has 0 atom stereocenters. The lowest BCUT2D eigenvalue weighted by molar-refractivity contribution is 0.0950. The van der Waals surface area contributed by atoms with Gasteiger partial charge in [0, 0.05) is 35.1 Å². The highest BCUT2D eigenvalue weighted by Gasteiger charge is 2.11. The molecule has 132 valence electrons. The lowest BCUT2D eigenvalue weighted by atomic mass is 9.99. The normalized spacial score (nSPS) is 10.6. The van der Waals surface area contributed by atoms with Gasteiger partial charge in [0.2, 0.25) is 0 Å². The first kappa shape index (κ1) is 18.4. The van der Waals surface area contributed by atoms with Crippen molar-refractivity contribution < 1.29 is 4.79 Å². The Kier molecular flexibility index (Phi) is 5.86. The number of rotatable bonds is 5. The Hall–Kier alpha value is -2.43. The molecule has 0 spiro atoms. The minimum absolute atomic E-state index is 0.184. The fourth-order valence-electron chi connectivity index (χ4n) is 2.63. The number of halogens is 2. The van der Waals surface area contributed by atoms with Gasteiger partial charge in [-0.15, -0.1) is 11.6 Å². The Labute approximate surface area is 162 Å². The monoisotopic (exact) mass is 385 g/mol. The fourth-order valence-corrected chi connectivity index (χ4v) is 2.90. The Morgan fingerprint density at radius 2 is 2.00 bits per heavy atom. The second kappa shape index (κ2) is 8.30. The van der Waals surface area contributed by atoms with Crippen molar-refractivity contribution in [1.82, 2.24) is 15.3 Å². The van der Waals surface area contributed by atoms with Crippen LogP contribution in [0.2, 0.25) is 5.02 Å². The molecule has 0 aliphatic carbocycles. The smallest absolute Gasteiger partial charge is 0.251 e. The molecule has 0 saturated carbocycles. The molecule has 0 aliphatic rings. The molecule has 1 aromatic carbocycles. The molecule has 1 amide bonds. The van der Waals surface area contributed by atoms with E-state index < -0.39 is 0 Å². The maximum absolute atomic E-state index is 12.6. The minimum Gasteiger partial charge on any atom is -0.346 e. The molecule has 0 aliphatic heterocycles. The van der Waals surface area contributed by atoms with E-state index in [1.165, 1.54) is 0 Å². The highest BCUT2D eigenvalue weighted by atomic mass is 35.5. The molecule has 0 unspecified atom stereocenters. The zero-order valence-electron chi connectivity index (χ0n) is 14.2. The van der Waals surface area contributed by atoms with Crippen molar-refractivity contribution in [2.75, 3.05) is 0 Å². The topological polar surface area (TPSA) is 54.9 Å². The van der Waals surface area contributed by atoms with E-state index in [1.807, 2.05) is 31.2 Å². The Bertz CT molecular complexity index is 927. The second-order valence-corrected chi connectivity index (χ2v) is 6.54. The van der Waals surface area contributed by atoms with Gasteiger partial charge in [0.1, 0.15) is 0 Å². The van der Waals surface area contributed by atoms with Crippen LogP contribution in [-0.2, 0) is 12.4 Å². The van der Waals surface area contributed by atoms with Gasteiger partial charge in [-0.25, -0.2) is 0 Å². The van der Waals surface area contributed by atoms with Gasteiger partial charge >= 0.3 is 0 Å². The van der Waals surface area contributed by atoms with Crippen molar-refractivity contribution in [2.45, 2.75) is 19.3 Å². The summed E-state index contributed by atoms with van der Waals surface area (Å²) in [4.78, 5) is 21.1. The number of nitrogens with zero attached hydrogens (tertiary/aromatic N) is 2. The Morgan fingerprint density at radius 3 is 2.69 bits per heavy atom. The SMILES string of the molecule is Cc1ncccc1-c1cc(CCl)cc(C(=O)NCc2ccc(Cl)cn2)c1. The van der Waals surface area contributed by atoms with E-state index >= 15 is 0 Å². The molecule has 26 heavy (non-hydrogen) atoms. The van der Waals surface area contributed by atoms with E-state index in [4.69, 9.17) is 23.2 Å². The van der Waals surface area contributed by atoms with E-state index in [-0.39, 0.29) is 5.91 Å². The first-order valence-corrected chi connectivity index (χ1v) is 8.98. The molecular formula is C20H17Cl2N3O. The van der Waals surface area contributed by atoms with Crippen LogP contribution in [0.15, 0.2) is 54.9 Å². The van der Waals surface area contributed by atoms with E-state index in [9.17, 15) is 4.79 Å². The number of carbonyl (C=O) groups is 1. The number of hydrogen-bond acceptors (Lipinski definition) is 3. The first-order valence-electron chi connectivity index (χ1n) is 8.07. The summed E-state index contributed by atoms with van der Waals surface area (Å²) in [5.74, 6) is 0.142. The van der Waals surface area contributed by atoms with Crippen LogP contribution in [0.3, 0.4) is 0 Å². The van der Waals surface area contributed by atoms with Crippen molar-refractivity contribution in [2.24, 2.45) is 0 Å². The molecule has 1 N–H and O–H groups in total. The molecule has 6 heteroatoms. The van der Waals surface area contributed by atoms with Crippen LogP contribution in [-0.4, -0.2) is 15.9 Å². The number of aromatic nitrogens is 2. The van der Waals surface area contributed by atoms with Crippen LogP contribution in [0, 0.1) is 6.92 Å². The number of aryl methyl sites for hydroxylation is 1. The molecule has 3 rings (SSSR count). The van der Waals surface area contributed by atoms with E-state index in [0.29, 0.717) is 23.0 Å². The summed E-state index contributed by atoms with van der Waals surface area (Å²) in [6, 6.07) is 13.0. The van der Waals surface area contributed by atoms with Gasteiger partial charge in [-0.3, -0.25) is 14.8 Å². The molecule has 2 heterocycles. The van der Waals surface area contributed by atoms with E-state index in [1.54, 1.807) is 30.6 Å². The van der Waals surface area contributed by atoms with Gasteiger partial charge in [0.05, 0.1) is 17.3 Å². The average molecular weight is 386 g/mol. The number of alkyl halides is 1. The zero-order valence-corrected chi connectivity index (χ0v) is 15.7. The molecular weight excluding hydrogens is 369 g/mol. The lowest BCUT2D eigenvalue weighted by Gasteiger charge is -2.11. The highest BCUT2D eigenvalue weighted by molar-refractivity contribution is 6.30. The first-order chi connectivity index (χ1) is 12.6. The van der Waals surface area contributed by atoms with Crippen LogP contribution < -0.4 is 5.32 Å². The van der Waals surface area contributed by atoms with Crippen LogP contribution in [0.25, 0.3) is 11.1 Å². The largest absolute Gasteiger partial charge is 0.346 e. The minimum atomic E-state index is -0.184. The molecule has 3 aromatic rings. The van der Waals surface area contributed by atoms with Crippen LogP contribution in [0.4, 0.5) is 0 Å². The van der Waals surface area contributed by atoms with Crippen LogP contribution in [0.5, 0.6) is 0 Å². The van der Waals surface area contributed by atoms with Crippen molar-refractivity contribution in [3.63, 3.8) is 0 Å². The summed E-state index contributed by atoms with van der Waals surface area (Å²) in [6.07, 6.45) is 3.30. The summed E-state index contributed by atoms with van der Waals surface area (Å²) >= 11 is 11.8. The summed E-state index contributed by atoms with van der Waals surface area (Å²) in [5, 5.41) is 3.44. The maximum atomic E-state index is 12.6. The maximum Gasteiger partial charge on any atom is 0.251 e. The van der Waals surface area contributed by atoms with Gasteiger partial charge in [-0.1, -0.05) is 17.7 Å². The van der Waals surface area contributed by atoms with Crippen molar-refractivity contribution >= 4 is 29.1 Å². The molecule has 0 saturated heterocycles. The van der Waals surface area contributed by atoms with Gasteiger partial charge in [-0.2, -0.15) is 0 Å². The number of hydrogen-bond donors (Lipinski definition) is 1. The number of carbonyl (C=O) groups excluding carboxylic acids is 1. The summed E-state index contributed by atoms with van der Waals surface area (Å²) in [5.41, 5.74) is 4.96. The summed E-state index contributed by atoms with van der Waals surface area (Å²) in [6.45, 7) is 2.26. The molecule has 0 bridgehead atoms. The zero-order chi connectivity index (χ0) is 18.5. The third kappa shape index (κ3) is 4.40. The quantitative estimate of drug-likeness (QED) is 0.643. The van der Waals surface area contributed by atoms with Crippen molar-refractivity contribution in [1.29, 1.82) is 0 Å². The average Bonchev–Trinajstić information content (AvgIpc) is 2.67. The van der Waals surface area contributed by atoms with Crippen LogP contribution >= 0.6 is 23.2 Å². The Morgan fingerprint density at radius 1 is 1.15 bits per heavy atom. The van der Waals surface area contributed by atoms with Gasteiger partial charge in [0.25, 0.3) is 5.91 Å². The summed E-state index contributed by atoms with van der Waals surface area (Å²) in [7, 11) is 0. The van der Waals surface area contributed by atoms with Crippen LogP contribution in [0.1, 0.15) is 27.3 Å². The third-order valence-corrected chi connectivity index (χ3v) is 4.48. The summed E-state index contributed by atoms with van der Waals surface area (Å²) < 4.78 is 0. The predicted molar refractivity (Wildman–Crippen MR) is 104 cm³/mol. The van der Waals surface area contributed by atoms with Gasteiger partial charge in [-0.05, 0) is 54.4 Å². The highest BCUT2D eigenvalue weighted by Crippen LogP contribution is 2.25. The molecule has 0 fully saturated rings. The lowest BCUT2D eigenvalue weighted by Crippen LogP contribution is -2.23. The number of pyridine rings is 2. The van der Waals surface area contributed by atoms with E-state index in [0.717, 1.165) is 28.1 Å². The van der Waals surface area contributed by atoms with Crippen molar-refractivity contribution in [3.8, 4) is 11.1 Å². The van der Waals surface area contributed by atoms with Crippen molar-refractivity contribution in [3.05, 3.63) is 82.4 Å². The van der Waals surface area contributed by atoms with E-state index in [2.05, 4.69) is 15.3 Å². The number of nitrogens with one attached hydrogen (secondary N) is 1. The van der Waals surface area contributed by atoms with Gasteiger partial charge in [0.15, 0.2) is 0 Å². The fraction of sp³-hybridized carbons (Fsp3) is 0.150. The molecule has 4 nitrogen and oxygen atoms in total. The number of amides is 1. The Balaban J connectivity index is 1.84. The second-order valence-electron chi connectivity index (χ2n) is 5.84. The number of benzene rings is 1. The van der Waals surface area contributed by atoms with Gasteiger partial charge < -0.3 is 5.32 Å². The molecule has 0 radical (unpaired) electrons. The predicted octanol–water partition coefficient (Wildman–Crippen LogP) is 4.77.